The van der Waals surface area contributed by atoms with Crippen molar-refractivity contribution in [2.75, 3.05) is 23.9 Å². The highest BCUT2D eigenvalue weighted by Crippen LogP contribution is 2.24. The minimum absolute atomic E-state index is 0.0955. The van der Waals surface area contributed by atoms with E-state index in [0.29, 0.717) is 36.3 Å². The van der Waals surface area contributed by atoms with Crippen LogP contribution in [0.2, 0.25) is 0 Å². The van der Waals surface area contributed by atoms with Crippen molar-refractivity contribution >= 4 is 21.6 Å². The third kappa shape index (κ3) is 4.98. The van der Waals surface area contributed by atoms with Gasteiger partial charge in [-0.05, 0) is 31.4 Å². The van der Waals surface area contributed by atoms with Gasteiger partial charge >= 0.3 is 0 Å². The van der Waals surface area contributed by atoms with Gasteiger partial charge in [-0.2, -0.15) is 0 Å². The highest BCUT2D eigenvalue weighted by Gasteiger charge is 2.29. The van der Waals surface area contributed by atoms with E-state index < -0.39 is 9.84 Å². The Morgan fingerprint density at radius 3 is 2.79 bits per heavy atom. The van der Waals surface area contributed by atoms with Gasteiger partial charge in [-0.15, -0.1) is 10.2 Å². The number of rotatable bonds is 7. The third-order valence-electron chi connectivity index (χ3n) is 3.84. The van der Waals surface area contributed by atoms with Gasteiger partial charge < -0.3 is 9.15 Å². The molecule has 1 fully saturated rings. The Kier molecular flexibility index (Phi) is 5.45. The molecule has 0 saturated carbocycles. The minimum atomic E-state index is -2.87. The van der Waals surface area contributed by atoms with Gasteiger partial charge in [-0.1, -0.05) is 29.5 Å². The molecule has 1 aromatic heterocycles. The van der Waals surface area contributed by atoms with Crippen LogP contribution in [0.1, 0.15) is 17.9 Å². The van der Waals surface area contributed by atoms with E-state index in [1.807, 2.05) is 31.2 Å². The first-order chi connectivity index (χ1) is 11.5. The van der Waals surface area contributed by atoms with Crippen LogP contribution in [0.4, 0.5) is 0 Å². The van der Waals surface area contributed by atoms with Crippen LogP contribution in [0, 0.1) is 12.8 Å². The molecule has 2 heterocycles. The van der Waals surface area contributed by atoms with E-state index in [1.54, 1.807) is 0 Å². The molecule has 0 bridgehead atoms. The quantitative estimate of drug-likeness (QED) is 0.548. The normalized spacial score (nSPS) is 19.5. The van der Waals surface area contributed by atoms with Crippen molar-refractivity contribution in [2.24, 2.45) is 5.92 Å². The SMILES string of the molecule is Cc1ccc(OCCSc2nnc(C[C@H]3CCS(=O)(=O)C3)o2)cc1. The van der Waals surface area contributed by atoms with E-state index in [9.17, 15) is 8.42 Å². The Balaban J connectivity index is 1.40. The average molecular weight is 368 g/mol. The zero-order chi connectivity index (χ0) is 17.0. The fraction of sp³-hybridized carbons (Fsp3) is 0.500. The van der Waals surface area contributed by atoms with E-state index in [1.165, 1.54) is 17.3 Å². The lowest BCUT2D eigenvalue weighted by Gasteiger charge is -2.04. The van der Waals surface area contributed by atoms with E-state index in [4.69, 9.17) is 9.15 Å². The minimum Gasteiger partial charge on any atom is -0.493 e. The second-order valence-electron chi connectivity index (χ2n) is 5.94. The number of sulfone groups is 1. The largest absolute Gasteiger partial charge is 0.493 e. The van der Waals surface area contributed by atoms with E-state index in [0.717, 1.165) is 5.75 Å². The molecule has 1 atom stereocenters. The maximum Gasteiger partial charge on any atom is 0.276 e. The molecule has 1 saturated heterocycles. The summed E-state index contributed by atoms with van der Waals surface area (Å²) in [4.78, 5) is 0. The molecule has 6 nitrogen and oxygen atoms in total. The van der Waals surface area contributed by atoms with Crippen molar-refractivity contribution in [2.45, 2.75) is 25.0 Å². The first-order valence-electron chi connectivity index (χ1n) is 7.85. The molecule has 3 rings (SSSR count). The number of thioether (sulfide) groups is 1. The van der Waals surface area contributed by atoms with Gasteiger partial charge in [0.05, 0.1) is 18.1 Å². The monoisotopic (exact) mass is 368 g/mol. The van der Waals surface area contributed by atoms with Crippen LogP contribution in [-0.2, 0) is 16.3 Å². The molecule has 0 spiro atoms. The molecule has 0 unspecified atom stereocenters. The standard InChI is InChI=1S/C16H20N2O4S2/c1-12-2-4-14(5-3-12)21-7-8-23-16-18-17-15(22-16)10-13-6-9-24(19,20)11-13/h2-5,13H,6-11H2,1H3/t13-/m1/s1. The number of aromatic nitrogens is 2. The van der Waals surface area contributed by atoms with Gasteiger partial charge in [0.25, 0.3) is 5.22 Å². The molecule has 8 heteroatoms. The number of hydrogen-bond donors (Lipinski definition) is 0. The Bertz CT molecular complexity index is 772. The number of nitrogens with zero attached hydrogens (tertiary/aromatic N) is 2. The summed E-state index contributed by atoms with van der Waals surface area (Å²) in [6.07, 6.45) is 1.21. The molecular weight excluding hydrogens is 348 g/mol. The van der Waals surface area contributed by atoms with Crippen molar-refractivity contribution in [3.05, 3.63) is 35.7 Å². The molecule has 0 amide bonds. The number of benzene rings is 1. The van der Waals surface area contributed by atoms with Crippen molar-refractivity contribution < 1.29 is 17.6 Å². The maximum atomic E-state index is 11.5. The zero-order valence-corrected chi connectivity index (χ0v) is 15.1. The Labute approximate surface area is 145 Å². The molecule has 1 aromatic carbocycles. The summed E-state index contributed by atoms with van der Waals surface area (Å²) in [5.41, 5.74) is 1.20. The molecule has 24 heavy (non-hydrogen) atoms. The lowest BCUT2D eigenvalue weighted by molar-refractivity contribution is 0.342. The molecule has 2 aromatic rings. The fourth-order valence-electron chi connectivity index (χ4n) is 2.58. The Morgan fingerprint density at radius 2 is 2.08 bits per heavy atom. The molecule has 1 aliphatic heterocycles. The predicted octanol–water partition coefficient (Wildman–Crippen LogP) is 2.53. The average Bonchev–Trinajstić information content (AvgIpc) is 3.12. The summed E-state index contributed by atoms with van der Waals surface area (Å²) in [5, 5.41) is 8.49. The topological polar surface area (TPSA) is 82.3 Å². The molecule has 0 aliphatic carbocycles. The molecular formula is C16H20N2O4S2. The first kappa shape index (κ1) is 17.3. The highest BCUT2D eigenvalue weighted by atomic mass is 32.2. The van der Waals surface area contributed by atoms with E-state index >= 15 is 0 Å². The first-order valence-corrected chi connectivity index (χ1v) is 10.7. The molecule has 0 radical (unpaired) electrons. The van der Waals surface area contributed by atoms with Crippen LogP contribution >= 0.6 is 11.8 Å². The Hall–Kier alpha value is -1.54. The van der Waals surface area contributed by atoms with Gasteiger partial charge in [0.2, 0.25) is 5.89 Å². The fourth-order valence-corrected chi connectivity index (χ4v) is 5.04. The number of hydrogen-bond acceptors (Lipinski definition) is 7. The Morgan fingerprint density at radius 1 is 1.29 bits per heavy atom. The molecule has 1 aliphatic rings. The summed E-state index contributed by atoms with van der Waals surface area (Å²) in [6.45, 7) is 2.58. The van der Waals surface area contributed by atoms with Crippen molar-refractivity contribution in [3.8, 4) is 5.75 Å². The zero-order valence-electron chi connectivity index (χ0n) is 13.5. The van der Waals surface area contributed by atoms with Gasteiger partial charge in [-0.25, -0.2) is 8.42 Å². The lowest BCUT2D eigenvalue weighted by Crippen LogP contribution is -2.07. The van der Waals surface area contributed by atoms with Crippen LogP contribution in [-0.4, -0.2) is 42.5 Å². The maximum absolute atomic E-state index is 11.5. The third-order valence-corrected chi connectivity index (χ3v) is 6.46. The summed E-state index contributed by atoms with van der Waals surface area (Å²) >= 11 is 1.44. The number of aryl methyl sites for hydroxylation is 1. The van der Waals surface area contributed by atoms with E-state index in [2.05, 4.69) is 10.2 Å². The highest BCUT2D eigenvalue weighted by molar-refractivity contribution is 7.99. The molecule has 130 valence electrons. The van der Waals surface area contributed by atoms with Crippen LogP contribution < -0.4 is 4.74 Å². The summed E-state index contributed by atoms with van der Waals surface area (Å²) in [7, 11) is -2.87. The van der Waals surface area contributed by atoms with Crippen molar-refractivity contribution in [1.82, 2.24) is 10.2 Å². The smallest absolute Gasteiger partial charge is 0.276 e. The van der Waals surface area contributed by atoms with Gasteiger partial charge in [-0.3, -0.25) is 0 Å². The van der Waals surface area contributed by atoms with Crippen LogP contribution in [0.15, 0.2) is 33.9 Å². The van der Waals surface area contributed by atoms with Gasteiger partial charge in [0.1, 0.15) is 5.75 Å². The second-order valence-corrected chi connectivity index (χ2v) is 9.22. The summed E-state index contributed by atoms with van der Waals surface area (Å²) in [6, 6.07) is 7.91. The summed E-state index contributed by atoms with van der Waals surface area (Å²) < 4.78 is 34.1. The molecule has 0 N–H and O–H groups in total. The van der Waals surface area contributed by atoms with Crippen molar-refractivity contribution in [1.29, 1.82) is 0 Å². The van der Waals surface area contributed by atoms with E-state index in [-0.39, 0.29) is 17.4 Å². The lowest BCUT2D eigenvalue weighted by atomic mass is 10.1. The van der Waals surface area contributed by atoms with Crippen LogP contribution in [0.3, 0.4) is 0 Å². The van der Waals surface area contributed by atoms with Gasteiger partial charge in [0, 0.05) is 12.2 Å². The van der Waals surface area contributed by atoms with Gasteiger partial charge in [0.15, 0.2) is 9.84 Å². The predicted molar refractivity (Wildman–Crippen MR) is 92.2 cm³/mol. The summed E-state index contributed by atoms with van der Waals surface area (Å²) in [5.74, 6) is 2.64. The second kappa shape index (κ2) is 7.57. The van der Waals surface area contributed by atoms with Crippen molar-refractivity contribution in [3.63, 3.8) is 0 Å². The number of ether oxygens (including phenoxy) is 1. The van der Waals surface area contributed by atoms with Crippen LogP contribution in [0.5, 0.6) is 5.75 Å². The van der Waals surface area contributed by atoms with Crippen LogP contribution in [0.25, 0.3) is 0 Å².